The average molecular weight is 283 g/mol. The van der Waals surface area contributed by atoms with Crippen LogP contribution in [0.3, 0.4) is 0 Å². The monoisotopic (exact) mass is 283 g/mol. The Morgan fingerprint density at radius 1 is 1.20 bits per heavy atom. The maximum absolute atomic E-state index is 6.44. The quantitative estimate of drug-likeness (QED) is 0.839. The Morgan fingerprint density at radius 3 is 2.20 bits per heavy atom. The Labute approximate surface area is 124 Å². The van der Waals surface area contributed by atoms with E-state index in [1.54, 1.807) is 0 Å². The fraction of sp³-hybridized carbons (Fsp3) is 1.00. The lowest BCUT2D eigenvalue weighted by Crippen LogP contribution is -2.53. The summed E-state index contributed by atoms with van der Waals surface area (Å²) >= 11 is 0. The zero-order chi connectivity index (χ0) is 14.8. The number of rotatable bonds is 5. The van der Waals surface area contributed by atoms with Crippen LogP contribution in [0.2, 0.25) is 0 Å². The van der Waals surface area contributed by atoms with Crippen LogP contribution >= 0.6 is 0 Å². The van der Waals surface area contributed by atoms with Crippen molar-refractivity contribution in [1.29, 1.82) is 0 Å². The van der Waals surface area contributed by atoms with Crippen molar-refractivity contribution in [2.75, 3.05) is 19.8 Å². The van der Waals surface area contributed by atoms with E-state index in [0.29, 0.717) is 17.6 Å². The van der Waals surface area contributed by atoms with Crippen LogP contribution in [0.25, 0.3) is 0 Å². The Bertz CT molecular complexity index is 297. The molecule has 2 fully saturated rings. The molecular weight excluding hydrogens is 250 g/mol. The fourth-order valence-electron chi connectivity index (χ4n) is 3.37. The lowest BCUT2D eigenvalue weighted by molar-refractivity contribution is -0.204. The summed E-state index contributed by atoms with van der Waals surface area (Å²) in [6.07, 6.45) is 5.28. The predicted molar refractivity (Wildman–Crippen MR) is 83.0 cm³/mol. The molecule has 0 spiro atoms. The second-order valence-corrected chi connectivity index (χ2v) is 8.14. The molecule has 20 heavy (non-hydrogen) atoms. The highest BCUT2D eigenvalue weighted by Gasteiger charge is 2.42. The van der Waals surface area contributed by atoms with Crippen molar-refractivity contribution in [2.45, 2.75) is 78.0 Å². The molecule has 118 valence electrons. The second kappa shape index (κ2) is 6.33. The van der Waals surface area contributed by atoms with E-state index in [2.05, 4.69) is 39.9 Å². The summed E-state index contributed by atoms with van der Waals surface area (Å²) in [6.45, 7) is 14.1. The molecule has 0 unspecified atom stereocenters. The summed E-state index contributed by atoms with van der Waals surface area (Å²) in [6, 6.07) is 0.522. The molecule has 1 N–H and O–H groups in total. The van der Waals surface area contributed by atoms with E-state index in [9.17, 15) is 0 Å². The van der Waals surface area contributed by atoms with Gasteiger partial charge in [0.05, 0.1) is 18.8 Å². The van der Waals surface area contributed by atoms with Crippen LogP contribution in [0.15, 0.2) is 0 Å². The molecule has 1 heterocycles. The maximum atomic E-state index is 6.44. The van der Waals surface area contributed by atoms with Crippen molar-refractivity contribution in [3.8, 4) is 0 Å². The largest absolute Gasteiger partial charge is 0.376 e. The lowest BCUT2D eigenvalue weighted by atomic mass is 9.68. The van der Waals surface area contributed by atoms with Crippen molar-refractivity contribution in [2.24, 2.45) is 11.3 Å². The van der Waals surface area contributed by atoms with Gasteiger partial charge in [-0.15, -0.1) is 0 Å². The van der Waals surface area contributed by atoms with Gasteiger partial charge in [0.2, 0.25) is 0 Å². The molecule has 1 saturated heterocycles. The molecule has 0 bridgehead atoms. The smallest absolute Gasteiger partial charge is 0.105 e. The Morgan fingerprint density at radius 2 is 1.80 bits per heavy atom. The first-order valence-corrected chi connectivity index (χ1v) is 8.30. The van der Waals surface area contributed by atoms with Crippen molar-refractivity contribution in [1.82, 2.24) is 5.32 Å². The molecule has 0 atom stereocenters. The van der Waals surface area contributed by atoms with E-state index in [1.165, 1.54) is 25.7 Å². The first-order valence-electron chi connectivity index (χ1n) is 8.30. The first kappa shape index (κ1) is 16.3. The van der Waals surface area contributed by atoms with Gasteiger partial charge in [-0.2, -0.15) is 0 Å². The van der Waals surface area contributed by atoms with Crippen LogP contribution < -0.4 is 5.32 Å². The second-order valence-electron chi connectivity index (χ2n) is 8.14. The molecule has 3 nitrogen and oxygen atoms in total. The van der Waals surface area contributed by atoms with Gasteiger partial charge in [0, 0.05) is 12.6 Å². The minimum Gasteiger partial charge on any atom is -0.376 e. The Kier molecular flexibility index (Phi) is 5.14. The van der Waals surface area contributed by atoms with Crippen molar-refractivity contribution >= 4 is 0 Å². The summed E-state index contributed by atoms with van der Waals surface area (Å²) in [5, 5.41) is 3.60. The minimum absolute atomic E-state index is 0.0421. The molecule has 1 saturated carbocycles. The van der Waals surface area contributed by atoms with Gasteiger partial charge >= 0.3 is 0 Å². The van der Waals surface area contributed by atoms with Crippen LogP contribution in [0.4, 0.5) is 0 Å². The molecule has 1 aliphatic heterocycles. The van der Waals surface area contributed by atoms with Gasteiger partial charge < -0.3 is 14.8 Å². The minimum atomic E-state index is 0.0421. The van der Waals surface area contributed by atoms with Crippen LogP contribution in [0.5, 0.6) is 0 Å². The van der Waals surface area contributed by atoms with Gasteiger partial charge in [-0.1, -0.05) is 34.6 Å². The van der Waals surface area contributed by atoms with Gasteiger partial charge in [-0.05, 0) is 37.0 Å². The predicted octanol–water partition coefficient (Wildman–Crippen LogP) is 3.37. The third kappa shape index (κ3) is 4.19. The van der Waals surface area contributed by atoms with Gasteiger partial charge in [0.15, 0.2) is 0 Å². The zero-order valence-electron chi connectivity index (χ0n) is 14.0. The van der Waals surface area contributed by atoms with Gasteiger partial charge in [-0.3, -0.25) is 0 Å². The van der Waals surface area contributed by atoms with Gasteiger partial charge in [0.25, 0.3) is 0 Å². The van der Waals surface area contributed by atoms with E-state index in [0.717, 1.165) is 25.7 Å². The van der Waals surface area contributed by atoms with Crippen LogP contribution in [-0.2, 0) is 9.47 Å². The van der Waals surface area contributed by atoms with E-state index >= 15 is 0 Å². The maximum Gasteiger partial charge on any atom is 0.105 e. The molecule has 2 rings (SSSR count). The summed E-state index contributed by atoms with van der Waals surface area (Å²) in [4.78, 5) is 0. The molecular formula is C17H33NO2. The lowest BCUT2D eigenvalue weighted by Gasteiger charge is -2.47. The molecule has 0 radical (unpaired) electrons. The third-order valence-electron chi connectivity index (χ3n) is 4.98. The van der Waals surface area contributed by atoms with Crippen molar-refractivity contribution < 1.29 is 9.47 Å². The van der Waals surface area contributed by atoms with E-state index in [4.69, 9.17) is 9.47 Å². The first-order chi connectivity index (χ1) is 9.31. The highest BCUT2D eigenvalue weighted by Crippen LogP contribution is 2.43. The molecule has 2 aliphatic rings. The summed E-state index contributed by atoms with van der Waals surface area (Å²) in [7, 11) is 0. The highest BCUT2D eigenvalue weighted by molar-refractivity contribution is 4.93. The molecule has 0 aromatic carbocycles. The SMILES string of the molecule is CC(C)NCC1(OC2COC2)CCC(C(C)(C)C)CC1. The zero-order valence-corrected chi connectivity index (χ0v) is 14.0. The van der Waals surface area contributed by atoms with Gasteiger partial charge in [-0.25, -0.2) is 0 Å². The number of hydrogen-bond donors (Lipinski definition) is 1. The molecule has 0 aromatic rings. The standard InChI is InChI=1S/C17H33NO2/c1-13(2)18-12-17(20-15-10-19-11-15)8-6-14(7-9-17)16(3,4)5/h13-15,18H,6-12H2,1-5H3. The van der Waals surface area contributed by atoms with Crippen LogP contribution in [0.1, 0.15) is 60.3 Å². The third-order valence-corrected chi connectivity index (χ3v) is 4.98. The molecule has 3 heteroatoms. The molecule has 1 aliphatic carbocycles. The summed E-state index contributed by atoms with van der Waals surface area (Å²) in [5.41, 5.74) is 0.470. The highest BCUT2D eigenvalue weighted by atomic mass is 16.6. The Balaban J connectivity index is 1.93. The number of ether oxygens (including phenoxy) is 2. The fourth-order valence-corrected chi connectivity index (χ4v) is 3.37. The Hall–Kier alpha value is -0.120. The van der Waals surface area contributed by atoms with Crippen molar-refractivity contribution in [3.63, 3.8) is 0 Å². The summed E-state index contributed by atoms with van der Waals surface area (Å²) < 4.78 is 11.7. The average Bonchev–Trinajstić information content (AvgIpc) is 2.31. The number of nitrogens with one attached hydrogen (secondary N) is 1. The van der Waals surface area contributed by atoms with Gasteiger partial charge in [0.1, 0.15) is 6.10 Å². The molecule has 0 amide bonds. The van der Waals surface area contributed by atoms with E-state index < -0.39 is 0 Å². The van der Waals surface area contributed by atoms with E-state index in [-0.39, 0.29) is 5.60 Å². The topological polar surface area (TPSA) is 30.5 Å². The van der Waals surface area contributed by atoms with Crippen molar-refractivity contribution in [3.05, 3.63) is 0 Å². The normalized spacial score (nSPS) is 32.4. The number of hydrogen-bond acceptors (Lipinski definition) is 3. The van der Waals surface area contributed by atoms with Crippen LogP contribution in [-0.4, -0.2) is 37.5 Å². The summed E-state index contributed by atoms with van der Waals surface area (Å²) in [5.74, 6) is 0.830. The van der Waals surface area contributed by atoms with Crippen LogP contribution in [0, 0.1) is 11.3 Å². The molecule has 0 aromatic heterocycles. The van der Waals surface area contributed by atoms with E-state index in [1.807, 2.05) is 0 Å².